The van der Waals surface area contributed by atoms with Crippen molar-refractivity contribution in [3.63, 3.8) is 0 Å². The Bertz CT molecular complexity index is 1350. The topological polar surface area (TPSA) is 80.5 Å². The van der Waals surface area contributed by atoms with Crippen molar-refractivity contribution >= 4 is 38.6 Å². The fourth-order valence-corrected chi connectivity index (χ4v) is 7.04. The number of rotatable bonds is 5. The lowest BCUT2D eigenvalue weighted by Gasteiger charge is -2.57. The minimum Gasteiger partial charge on any atom is -0.460 e. The lowest BCUT2D eigenvalue weighted by molar-refractivity contribution is -0.127. The smallest absolute Gasteiger partial charge is 0.281 e. The second kappa shape index (κ2) is 6.52. The number of pyridine rings is 1. The number of piperidine rings is 2. The van der Waals surface area contributed by atoms with Crippen LogP contribution in [0.4, 0.5) is 0 Å². The highest BCUT2D eigenvalue weighted by Gasteiger charge is 2.68. The first-order chi connectivity index (χ1) is 15.6. The van der Waals surface area contributed by atoms with Crippen LogP contribution in [0.2, 0.25) is 0 Å². The number of benzene rings is 1. The SMILES string of the molecule is CC(=O)NC12CC3CC1C(C2)N3Cc1cc2cc(Oc3nc4ncccc4s3)ccc2o1. The van der Waals surface area contributed by atoms with E-state index in [2.05, 4.69) is 26.3 Å². The lowest BCUT2D eigenvalue weighted by Crippen LogP contribution is -2.70. The molecule has 2 bridgehead atoms. The van der Waals surface area contributed by atoms with Gasteiger partial charge in [-0.15, -0.1) is 0 Å². The molecule has 7 nitrogen and oxygen atoms in total. The number of nitrogens with one attached hydrogen (secondary N) is 1. The van der Waals surface area contributed by atoms with Gasteiger partial charge in [0.15, 0.2) is 5.65 Å². The molecule has 2 saturated carbocycles. The van der Waals surface area contributed by atoms with Crippen LogP contribution in [-0.4, -0.2) is 38.4 Å². The number of likely N-dealkylation sites (tertiary alicyclic amines) is 1. The van der Waals surface area contributed by atoms with E-state index in [0.29, 0.717) is 28.8 Å². The quantitative estimate of drug-likeness (QED) is 0.487. The van der Waals surface area contributed by atoms with Crippen molar-refractivity contribution in [2.24, 2.45) is 5.92 Å². The molecule has 3 aliphatic rings. The van der Waals surface area contributed by atoms with Crippen molar-refractivity contribution in [1.29, 1.82) is 0 Å². The van der Waals surface area contributed by atoms with Gasteiger partial charge >= 0.3 is 0 Å². The highest BCUT2D eigenvalue weighted by atomic mass is 32.1. The highest BCUT2D eigenvalue weighted by molar-refractivity contribution is 7.20. The largest absolute Gasteiger partial charge is 0.460 e. The van der Waals surface area contributed by atoms with E-state index in [1.807, 2.05) is 30.3 Å². The second-order valence-electron chi connectivity index (χ2n) is 9.30. The minimum atomic E-state index is 0.0634. The van der Waals surface area contributed by atoms with E-state index in [1.54, 1.807) is 13.1 Å². The van der Waals surface area contributed by atoms with Crippen molar-refractivity contribution in [3.8, 4) is 10.9 Å². The third-order valence-corrected chi connectivity index (χ3v) is 8.31. The van der Waals surface area contributed by atoms with Crippen molar-refractivity contribution < 1.29 is 13.9 Å². The summed E-state index contributed by atoms with van der Waals surface area (Å²) in [6.07, 6.45) is 5.03. The number of hydrogen-bond donors (Lipinski definition) is 1. The van der Waals surface area contributed by atoms with E-state index in [1.165, 1.54) is 17.8 Å². The van der Waals surface area contributed by atoms with Crippen LogP contribution in [0, 0.1) is 5.92 Å². The predicted molar refractivity (Wildman–Crippen MR) is 121 cm³/mol. The van der Waals surface area contributed by atoms with Gasteiger partial charge in [0.1, 0.15) is 17.1 Å². The molecule has 1 aliphatic heterocycles. The number of aromatic nitrogens is 2. The number of carbonyl (C=O) groups excluding carboxylic acids is 1. The van der Waals surface area contributed by atoms with E-state index >= 15 is 0 Å². The van der Waals surface area contributed by atoms with Crippen molar-refractivity contribution in [3.05, 3.63) is 48.4 Å². The molecule has 4 heterocycles. The van der Waals surface area contributed by atoms with Gasteiger partial charge in [0.25, 0.3) is 5.19 Å². The Hall–Kier alpha value is -2.97. The van der Waals surface area contributed by atoms with Gasteiger partial charge in [-0.25, -0.2) is 4.98 Å². The summed E-state index contributed by atoms with van der Waals surface area (Å²) < 4.78 is 13.2. The van der Waals surface area contributed by atoms with Crippen LogP contribution >= 0.6 is 11.3 Å². The number of amides is 1. The molecule has 8 heteroatoms. The fourth-order valence-electron chi connectivity index (χ4n) is 6.24. The molecule has 4 unspecified atom stereocenters. The van der Waals surface area contributed by atoms with E-state index in [9.17, 15) is 4.79 Å². The summed E-state index contributed by atoms with van der Waals surface area (Å²) in [5.41, 5.74) is 1.63. The Balaban J connectivity index is 1.09. The molecular weight excluding hydrogens is 424 g/mol. The van der Waals surface area contributed by atoms with Crippen LogP contribution in [0.15, 0.2) is 47.0 Å². The maximum Gasteiger partial charge on any atom is 0.281 e. The minimum absolute atomic E-state index is 0.0634. The molecule has 162 valence electrons. The Morgan fingerprint density at radius 3 is 3.09 bits per heavy atom. The lowest BCUT2D eigenvalue weighted by atomic mass is 9.63. The monoisotopic (exact) mass is 446 g/mol. The van der Waals surface area contributed by atoms with Crippen LogP contribution in [0.3, 0.4) is 0 Å². The average molecular weight is 447 g/mol. The number of hydrogen-bond acceptors (Lipinski definition) is 7. The van der Waals surface area contributed by atoms with Gasteiger partial charge in [-0.3, -0.25) is 9.69 Å². The predicted octanol–water partition coefficient (Wildman–Crippen LogP) is 4.47. The Morgan fingerprint density at radius 1 is 1.34 bits per heavy atom. The normalized spacial score (nSPS) is 28.3. The van der Waals surface area contributed by atoms with Crippen molar-refractivity contribution in [2.75, 3.05) is 0 Å². The first-order valence-electron chi connectivity index (χ1n) is 11.0. The Morgan fingerprint density at radius 2 is 2.28 bits per heavy atom. The molecule has 32 heavy (non-hydrogen) atoms. The number of fused-ring (bicyclic) bond motifs is 3. The van der Waals surface area contributed by atoms with Crippen LogP contribution in [-0.2, 0) is 11.3 Å². The number of thiazole rings is 1. The molecule has 2 aliphatic carbocycles. The van der Waals surface area contributed by atoms with Crippen LogP contribution in [0.1, 0.15) is 31.9 Å². The highest BCUT2D eigenvalue weighted by Crippen LogP contribution is 2.60. The second-order valence-corrected chi connectivity index (χ2v) is 10.3. The van der Waals surface area contributed by atoms with Crippen LogP contribution in [0.5, 0.6) is 10.9 Å². The number of ether oxygens (including phenoxy) is 1. The Kier molecular flexibility index (Phi) is 3.79. The van der Waals surface area contributed by atoms with Gasteiger partial charge in [0.05, 0.1) is 11.2 Å². The van der Waals surface area contributed by atoms with Crippen LogP contribution in [0.25, 0.3) is 21.3 Å². The number of furan rings is 1. The zero-order chi connectivity index (χ0) is 21.4. The first-order valence-corrected chi connectivity index (χ1v) is 11.8. The maximum absolute atomic E-state index is 11.6. The number of carbonyl (C=O) groups is 1. The van der Waals surface area contributed by atoms with Gasteiger partial charge in [-0.1, -0.05) is 11.3 Å². The molecule has 7 rings (SSSR count). The summed E-state index contributed by atoms with van der Waals surface area (Å²) in [6.45, 7) is 2.45. The molecule has 4 aromatic rings. The molecule has 3 fully saturated rings. The van der Waals surface area contributed by atoms with E-state index in [0.717, 1.165) is 46.6 Å². The molecule has 1 saturated heterocycles. The van der Waals surface area contributed by atoms with Crippen molar-refractivity contribution in [1.82, 2.24) is 20.2 Å². The molecule has 3 aromatic heterocycles. The molecule has 0 radical (unpaired) electrons. The first kappa shape index (κ1) is 18.6. The summed E-state index contributed by atoms with van der Waals surface area (Å²) in [7, 11) is 0. The molecule has 1 aromatic carbocycles. The Labute approximate surface area is 188 Å². The van der Waals surface area contributed by atoms with Gasteiger partial charge in [-0.05, 0) is 61.6 Å². The summed E-state index contributed by atoms with van der Waals surface area (Å²) in [5.74, 6) is 2.40. The third kappa shape index (κ3) is 2.72. The average Bonchev–Trinajstić information content (AvgIpc) is 3.47. The zero-order valence-corrected chi connectivity index (χ0v) is 18.4. The van der Waals surface area contributed by atoms with Gasteiger partial charge in [0.2, 0.25) is 5.91 Å². The maximum atomic E-state index is 11.6. The van der Waals surface area contributed by atoms with E-state index in [4.69, 9.17) is 9.15 Å². The standard InChI is InChI=1S/C24H22N4O3S/c1-13(29)27-24-10-15-9-18(24)19(11-24)28(15)12-17-8-14-7-16(4-5-20(14)30-17)31-23-26-22-21(32-23)3-2-6-25-22/h2-8,15,18-19H,9-12H2,1H3,(H,27,29). The molecule has 1 N–H and O–H groups in total. The van der Waals surface area contributed by atoms with E-state index < -0.39 is 0 Å². The van der Waals surface area contributed by atoms with Gasteiger partial charge in [-0.2, -0.15) is 4.98 Å². The van der Waals surface area contributed by atoms with Crippen molar-refractivity contribution in [2.45, 2.75) is 50.4 Å². The summed E-state index contributed by atoms with van der Waals surface area (Å²) in [5, 5.41) is 4.86. The van der Waals surface area contributed by atoms with Gasteiger partial charge < -0.3 is 14.5 Å². The fraction of sp³-hybridized carbons (Fsp3) is 0.375. The zero-order valence-electron chi connectivity index (χ0n) is 17.6. The van der Waals surface area contributed by atoms with Gasteiger partial charge in [0, 0.05) is 36.1 Å². The molecule has 0 spiro atoms. The van der Waals surface area contributed by atoms with E-state index in [-0.39, 0.29) is 11.4 Å². The third-order valence-electron chi connectivity index (χ3n) is 7.42. The molecule has 1 amide bonds. The summed E-state index contributed by atoms with van der Waals surface area (Å²) in [6, 6.07) is 13.0. The molecule has 4 atom stereocenters. The molecular formula is C24H22N4O3S. The summed E-state index contributed by atoms with van der Waals surface area (Å²) in [4.78, 5) is 22.9. The summed E-state index contributed by atoms with van der Waals surface area (Å²) >= 11 is 1.49. The van der Waals surface area contributed by atoms with Crippen LogP contribution < -0.4 is 10.1 Å². The number of nitrogens with zero attached hydrogens (tertiary/aromatic N) is 3.